The Morgan fingerprint density at radius 1 is 0.814 bits per heavy atom. The van der Waals surface area contributed by atoms with Gasteiger partial charge >= 0.3 is 5.97 Å². The molecular weight excluding hydrogens is 576 g/mol. The lowest BCUT2D eigenvalue weighted by molar-refractivity contribution is -0.142. The smallest absolute Gasteiger partial charge is 0.326 e. The number of nitrogens with two attached hydrogens (primary N) is 1. The number of phenols is 2. The van der Waals surface area contributed by atoms with Gasteiger partial charge in [-0.15, -0.1) is 0 Å². The van der Waals surface area contributed by atoms with Gasteiger partial charge in [-0.3, -0.25) is 14.4 Å². The number of rotatable bonds is 16. The Morgan fingerprint density at radius 3 is 1.88 bits per heavy atom. The molecule has 13 nitrogen and oxygen atoms in total. The average molecular weight is 613 g/mol. The van der Waals surface area contributed by atoms with Crippen molar-refractivity contribution in [2.75, 3.05) is 12.0 Å². The maximum absolute atomic E-state index is 13.5. The molecule has 0 fully saturated rings. The number of nitrogens with one attached hydrogen (secondary N) is 4. The van der Waals surface area contributed by atoms with Crippen molar-refractivity contribution in [1.29, 1.82) is 0 Å². The van der Waals surface area contributed by atoms with Crippen LogP contribution in [0.5, 0.6) is 11.5 Å². The van der Waals surface area contributed by atoms with Crippen LogP contribution in [0.1, 0.15) is 23.2 Å². The van der Waals surface area contributed by atoms with E-state index in [-0.39, 0.29) is 37.2 Å². The molecule has 0 saturated heterocycles. The number of amides is 3. The first-order valence-corrected chi connectivity index (χ1v) is 14.9. The standard InChI is InChI=1S/C29H36N6O7S/c1-43-11-10-23(33-26(38)22(30)12-17-2-6-20(36)7-3-17)27(39)34-24(13-18-4-8-21(37)9-5-18)28(40)35-25(29(41)42)14-19-15-31-16-32-19/h2-9,15-16,22-25,36-37H,10-14,30H2,1H3,(H,31,32)(H,33,38)(H,34,39)(H,35,40)(H,41,42). The van der Waals surface area contributed by atoms with Crippen molar-refractivity contribution in [3.63, 3.8) is 0 Å². The van der Waals surface area contributed by atoms with E-state index in [9.17, 15) is 34.5 Å². The van der Waals surface area contributed by atoms with Crippen molar-refractivity contribution in [2.45, 2.75) is 49.9 Å². The van der Waals surface area contributed by atoms with Gasteiger partial charge in [0, 0.05) is 24.7 Å². The number of benzene rings is 2. The lowest BCUT2D eigenvalue weighted by atomic mass is 10.0. The summed E-state index contributed by atoms with van der Waals surface area (Å²) in [5.41, 5.74) is 7.92. The Kier molecular flexibility index (Phi) is 12.4. The second kappa shape index (κ2) is 16.2. The Labute approximate surface area is 252 Å². The Bertz CT molecular complexity index is 1350. The molecule has 43 heavy (non-hydrogen) atoms. The summed E-state index contributed by atoms with van der Waals surface area (Å²) in [6.45, 7) is 0. The molecule has 1 aromatic heterocycles. The molecule has 0 spiro atoms. The number of hydrogen-bond acceptors (Lipinski definition) is 9. The van der Waals surface area contributed by atoms with E-state index >= 15 is 0 Å². The van der Waals surface area contributed by atoms with Crippen molar-refractivity contribution in [3.05, 3.63) is 77.9 Å². The van der Waals surface area contributed by atoms with Gasteiger partial charge in [-0.25, -0.2) is 9.78 Å². The molecule has 0 aliphatic rings. The maximum Gasteiger partial charge on any atom is 0.326 e. The van der Waals surface area contributed by atoms with E-state index in [2.05, 4.69) is 25.9 Å². The summed E-state index contributed by atoms with van der Waals surface area (Å²) in [6, 6.07) is 7.75. The quantitative estimate of drug-likeness (QED) is 0.112. The first-order chi connectivity index (χ1) is 20.5. The maximum atomic E-state index is 13.5. The number of carboxylic acids is 1. The minimum Gasteiger partial charge on any atom is -0.508 e. The van der Waals surface area contributed by atoms with E-state index in [0.717, 1.165) is 5.56 Å². The van der Waals surface area contributed by atoms with Crippen LogP contribution in [-0.2, 0) is 38.4 Å². The summed E-state index contributed by atoms with van der Waals surface area (Å²) in [5, 5.41) is 36.7. The Balaban J connectivity index is 1.76. The highest BCUT2D eigenvalue weighted by Gasteiger charge is 2.31. The Morgan fingerprint density at radius 2 is 1.35 bits per heavy atom. The summed E-state index contributed by atoms with van der Waals surface area (Å²) in [7, 11) is 0. The second-order valence-electron chi connectivity index (χ2n) is 9.93. The predicted molar refractivity (Wildman–Crippen MR) is 160 cm³/mol. The highest BCUT2D eigenvalue weighted by Crippen LogP contribution is 2.14. The van der Waals surface area contributed by atoms with E-state index in [1.165, 1.54) is 48.6 Å². The number of hydrogen-bond donors (Lipinski definition) is 8. The van der Waals surface area contributed by atoms with Crippen LogP contribution in [0.4, 0.5) is 0 Å². The molecule has 0 saturated carbocycles. The van der Waals surface area contributed by atoms with Crippen molar-refractivity contribution < 1.29 is 34.5 Å². The SMILES string of the molecule is CSCCC(NC(=O)C(N)Cc1ccc(O)cc1)C(=O)NC(Cc1ccc(O)cc1)C(=O)NC(Cc1cnc[nH]1)C(=O)O. The second-order valence-corrected chi connectivity index (χ2v) is 10.9. The van der Waals surface area contributed by atoms with Crippen LogP contribution in [-0.4, -0.2) is 85.2 Å². The fourth-order valence-electron chi connectivity index (χ4n) is 4.20. The van der Waals surface area contributed by atoms with Crippen LogP contribution in [0.3, 0.4) is 0 Å². The first kappa shape index (κ1) is 32.9. The van der Waals surface area contributed by atoms with Crippen molar-refractivity contribution >= 4 is 35.5 Å². The number of aromatic hydroxyl groups is 2. The number of H-pyrrole nitrogens is 1. The van der Waals surface area contributed by atoms with Crippen molar-refractivity contribution in [2.24, 2.45) is 5.73 Å². The molecule has 14 heteroatoms. The topological polar surface area (TPSA) is 220 Å². The molecule has 1 heterocycles. The number of nitrogens with zero attached hydrogens (tertiary/aromatic N) is 1. The van der Waals surface area contributed by atoms with Gasteiger partial charge in [0.2, 0.25) is 17.7 Å². The number of carboxylic acid groups (broad SMARTS) is 1. The number of thioether (sulfide) groups is 1. The molecule has 4 atom stereocenters. The molecule has 3 rings (SSSR count). The van der Waals surface area contributed by atoms with E-state index in [1.807, 2.05) is 6.26 Å². The number of phenolic OH excluding ortho intramolecular Hbond substituents is 2. The molecule has 0 aliphatic carbocycles. The highest BCUT2D eigenvalue weighted by molar-refractivity contribution is 7.98. The minimum absolute atomic E-state index is 0.0161. The van der Waals surface area contributed by atoms with E-state index in [0.29, 0.717) is 17.0 Å². The molecule has 0 aliphatic heterocycles. The van der Waals surface area contributed by atoms with Crippen LogP contribution in [0.15, 0.2) is 61.1 Å². The monoisotopic (exact) mass is 612 g/mol. The number of carbonyl (C=O) groups is 4. The molecule has 4 unspecified atom stereocenters. The summed E-state index contributed by atoms with van der Waals surface area (Å²) >= 11 is 1.47. The van der Waals surface area contributed by atoms with Gasteiger partial charge in [-0.05, 0) is 60.2 Å². The van der Waals surface area contributed by atoms with E-state index in [4.69, 9.17) is 5.73 Å². The highest BCUT2D eigenvalue weighted by atomic mass is 32.2. The molecule has 3 amide bonds. The normalized spacial score (nSPS) is 13.7. The van der Waals surface area contributed by atoms with Crippen LogP contribution in [0, 0.1) is 0 Å². The summed E-state index contributed by atoms with van der Waals surface area (Å²) in [6.07, 6.45) is 5.02. The molecular formula is C29H36N6O7S. The summed E-state index contributed by atoms with van der Waals surface area (Å²) in [4.78, 5) is 58.4. The lowest BCUT2D eigenvalue weighted by Gasteiger charge is -2.25. The zero-order chi connectivity index (χ0) is 31.4. The fourth-order valence-corrected chi connectivity index (χ4v) is 4.67. The average Bonchev–Trinajstić information content (AvgIpc) is 3.49. The molecule has 9 N–H and O–H groups in total. The number of imidazole rings is 1. The third-order valence-corrected chi connectivity index (χ3v) is 7.22. The van der Waals surface area contributed by atoms with Crippen LogP contribution < -0.4 is 21.7 Å². The summed E-state index contributed by atoms with van der Waals surface area (Å²) in [5.74, 6) is -2.61. The van der Waals surface area contributed by atoms with Gasteiger partial charge in [0.15, 0.2) is 0 Å². The minimum atomic E-state index is -1.31. The predicted octanol–water partition coefficient (Wildman–Crippen LogP) is 0.468. The van der Waals surface area contributed by atoms with Gasteiger partial charge in [0.05, 0.1) is 12.4 Å². The Hall–Kier alpha value is -4.56. The fraction of sp³-hybridized carbons (Fsp3) is 0.345. The molecule has 230 valence electrons. The third-order valence-electron chi connectivity index (χ3n) is 6.57. The number of aromatic amines is 1. The number of carbonyl (C=O) groups excluding carboxylic acids is 3. The zero-order valence-corrected chi connectivity index (χ0v) is 24.3. The first-order valence-electron chi connectivity index (χ1n) is 13.5. The van der Waals surface area contributed by atoms with E-state index in [1.54, 1.807) is 24.3 Å². The van der Waals surface area contributed by atoms with Crippen molar-refractivity contribution in [1.82, 2.24) is 25.9 Å². The van der Waals surface area contributed by atoms with Gasteiger partial charge in [-0.2, -0.15) is 11.8 Å². The van der Waals surface area contributed by atoms with Gasteiger partial charge in [0.25, 0.3) is 0 Å². The summed E-state index contributed by atoms with van der Waals surface area (Å²) < 4.78 is 0. The van der Waals surface area contributed by atoms with Gasteiger partial charge in [0.1, 0.15) is 29.6 Å². The van der Waals surface area contributed by atoms with Crippen LogP contribution >= 0.6 is 11.8 Å². The zero-order valence-electron chi connectivity index (χ0n) is 23.5. The van der Waals surface area contributed by atoms with Crippen LogP contribution in [0.25, 0.3) is 0 Å². The number of aromatic nitrogens is 2. The van der Waals surface area contributed by atoms with Crippen LogP contribution in [0.2, 0.25) is 0 Å². The van der Waals surface area contributed by atoms with Gasteiger partial charge in [-0.1, -0.05) is 24.3 Å². The molecule has 0 bridgehead atoms. The number of aliphatic carboxylic acids is 1. The van der Waals surface area contributed by atoms with Gasteiger partial charge < -0.3 is 42.0 Å². The van der Waals surface area contributed by atoms with Crippen molar-refractivity contribution in [3.8, 4) is 11.5 Å². The largest absolute Gasteiger partial charge is 0.508 e. The molecule has 2 aromatic carbocycles. The van der Waals surface area contributed by atoms with E-state index < -0.39 is 47.9 Å². The lowest BCUT2D eigenvalue weighted by Crippen LogP contribution is -2.58. The third kappa shape index (κ3) is 10.7. The molecule has 0 radical (unpaired) electrons. The molecule has 3 aromatic rings.